The number of aromatic nitrogens is 3. The van der Waals surface area contributed by atoms with Crippen LogP contribution in [-0.2, 0) is 9.47 Å². The Morgan fingerprint density at radius 3 is 2.88 bits per heavy atom. The summed E-state index contributed by atoms with van der Waals surface area (Å²) in [5.41, 5.74) is 6.24. The summed E-state index contributed by atoms with van der Waals surface area (Å²) in [5.74, 6) is 0.286. The van der Waals surface area contributed by atoms with Crippen LogP contribution in [0.25, 0.3) is 11.3 Å². The summed E-state index contributed by atoms with van der Waals surface area (Å²) < 4.78 is 22.0. The molecule has 0 bridgehead atoms. The molecule has 2 heterocycles. The Morgan fingerprint density at radius 2 is 2.17 bits per heavy atom. The number of hydrogen-bond acceptors (Lipinski definition) is 7. The Bertz CT molecular complexity index is 712. The highest BCUT2D eigenvalue weighted by Gasteiger charge is 2.22. The molecule has 24 heavy (non-hydrogen) atoms. The van der Waals surface area contributed by atoms with E-state index in [0.29, 0.717) is 49.0 Å². The maximum atomic E-state index is 11.5. The third-order valence-electron chi connectivity index (χ3n) is 3.53. The fourth-order valence-electron chi connectivity index (χ4n) is 2.43. The predicted octanol–water partition coefficient (Wildman–Crippen LogP) is 0.721. The fourth-order valence-corrected chi connectivity index (χ4v) is 2.43. The van der Waals surface area contributed by atoms with E-state index in [1.807, 2.05) is 0 Å². The largest absolute Gasteiger partial charge is 0.493 e. The van der Waals surface area contributed by atoms with E-state index in [0.717, 1.165) is 0 Å². The number of nitrogens with two attached hydrogens (primary N) is 1. The number of H-pyrrole nitrogens is 1. The van der Waals surface area contributed by atoms with Gasteiger partial charge in [0, 0.05) is 6.42 Å². The van der Waals surface area contributed by atoms with Gasteiger partial charge in [-0.3, -0.25) is 4.79 Å². The van der Waals surface area contributed by atoms with Crippen LogP contribution in [-0.4, -0.2) is 54.5 Å². The zero-order chi connectivity index (χ0) is 16.9. The number of carbonyl (C=O) groups is 1. The quantitative estimate of drug-likeness (QED) is 0.765. The highest BCUT2D eigenvalue weighted by atomic mass is 16.7. The van der Waals surface area contributed by atoms with Gasteiger partial charge in [-0.05, 0) is 12.1 Å². The number of rotatable bonds is 7. The molecule has 0 aliphatic carbocycles. The van der Waals surface area contributed by atoms with Crippen molar-refractivity contribution in [2.45, 2.75) is 12.7 Å². The van der Waals surface area contributed by atoms with Crippen LogP contribution < -0.4 is 15.2 Å². The summed E-state index contributed by atoms with van der Waals surface area (Å²) >= 11 is 0. The van der Waals surface area contributed by atoms with Gasteiger partial charge < -0.3 is 24.7 Å². The first kappa shape index (κ1) is 16.2. The van der Waals surface area contributed by atoms with Crippen molar-refractivity contribution in [2.24, 2.45) is 5.73 Å². The summed E-state index contributed by atoms with van der Waals surface area (Å²) in [5, 5.41) is 10.2. The molecule has 1 aliphatic heterocycles. The molecule has 1 amide bonds. The highest BCUT2D eigenvalue weighted by molar-refractivity contribution is 5.97. The Balaban J connectivity index is 1.85. The highest BCUT2D eigenvalue weighted by Crippen LogP contribution is 2.38. The number of ether oxygens (including phenoxy) is 4. The first-order valence-electron chi connectivity index (χ1n) is 7.44. The Morgan fingerprint density at radius 1 is 1.38 bits per heavy atom. The molecular formula is C15H18N4O5. The topological polar surface area (TPSA) is 122 Å². The zero-order valence-corrected chi connectivity index (χ0v) is 13.2. The number of benzene rings is 1. The van der Waals surface area contributed by atoms with Gasteiger partial charge in [-0.1, -0.05) is 6.07 Å². The molecule has 1 fully saturated rings. The summed E-state index contributed by atoms with van der Waals surface area (Å²) in [6, 6.07) is 5.28. The monoisotopic (exact) mass is 334 g/mol. The normalized spacial score (nSPS) is 14.7. The maximum Gasteiger partial charge on any atom is 0.271 e. The van der Waals surface area contributed by atoms with Crippen LogP contribution in [0.3, 0.4) is 0 Å². The second-order valence-corrected chi connectivity index (χ2v) is 5.03. The molecule has 0 atom stereocenters. The number of aromatic amines is 1. The van der Waals surface area contributed by atoms with Crippen molar-refractivity contribution >= 4 is 5.91 Å². The van der Waals surface area contributed by atoms with E-state index in [9.17, 15) is 4.79 Å². The van der Waals surface area contributed by atoms with Crippen molar-refractivity contribution in [3.63, 3.8) is 0 Å². The number of methoxy groups -OCH3 is 1. The molecule has 128 valence electrons. The molecule has 0 saturated carbocycles. The van der Waals surface area contributed by atoms with Gasteiger partial charge >= 0.3 is 0 Å². The summed E-state index contributed by atoms with van der Waals surface area (Å²) in [7, 11) is 1.53. The van der Waals surface area contributed by atoms with Crippen molar-refractivity contribution in [1.82, 2.24) is 15.4 Å². The number of carbonyl (C=O) groups excluding carboxylic acids is 1. The van der Waals surface area contributed by atoms with E-state index in [-0.39, 0.29) is 12.0 Å². The lowest BCUT2D eigenvalue weighted by Gasteiger charge is -2.15. The van der Waals surface area contributed by atoms with Gasteiger partial charge in [0.1, 0.15) is 5.69 Å². The van der Waals surface area contributed by atoms with Gasteiger partial charge in [-0.2, -0.15) is 15.4 Å². The van der Waals surface area contributed by atoms with Gasteiger partial charge in [-0.25, -0.2) is 0 Å². The number of para-hydroxylation sites is 1. The second kappa shape index (κ2) is 7.28. The van der Waals surface area contributed by atoms with E-state index < -0.39 is 5.91 Å². The molecule has 1 aromatic carbocycles. The molecule has 9 nitrogen and oxygen atoms in total. The molecule has 1 aromatic heterocycles. The number of nitrogens with one attached hydrogen (secondary N) is 1. The van der Waals surface area contributed by atoms with E-state index in [1.54, 1.807) is 18.2 Å². The molecule has 3 rings (SSSR count). The van der Waals surface area contributed by atoms with Crippen LogP contribution in [0.4, 0.5) is 0 Å². The van der Waals surface area contributed by atoms with Gasteiger partial charge in [0.25, 0.3) is 5.91 Å². The minimum atomic E-state index is -0.680. The Labute approximate surface area is 138 Å². The van der Waals surface area contributed by atoms with E-state index >= 15 is 0 Å². The number of hydrogen-bond donors (Lipinski definition) is 2. The summed E-state index contributed by atoms with van der Waals surface area (Å²) in [6.45, 7) is 1.53. The maximum absolute atomic E-state index is 11.5. The molecule has 1 aliphatic rings. The van der Waals surface area contributed by atoms with Gasteiger partial charge in [0.2, 0.25) is 0 Å². The zero-order valence-electron chi connectivity index (χ0n) is 13.2. The van der Waals surface area contributed by atoms with Crippen LogP contribution in [0, 0.1) is 0 Å². The number of nitrogens with zero attached hydrogens (tertiary/aromatic N) is 2. The molecule has 9 heteroatoms. The molecule has 0 radical (unpaired) electrons. The SMILES string of the molecule is COc1cccc(-c2n[nH]nc2C(N)=O)c1OCCC1OCCO1. The standard InChI is InChI=1S/C15H18N4O5/c1-21-10-4-2-3-9(12-13(15(16)20)18-19-17-12)14(10)24-6-5-11-22-7-8-23-11/h2-4,11H,5-8H2,1H3,(H2,16,20)(H,17,18,19). The van der Waals surface area contributed by atoms with E-state index in [4.69, 9.17) is 24.7 Å². The van der Waals surface area contributed by atoms with Crippen molar-refractivity contribution in [3.8, 4) is 22.8 Å². The van der Waals surface area contributed by atoms with Crippen LogP contribution in [0.5, 0.6) is 11.5 Å². The lowest BCUT2D eigenvalue weighted by atomic mass is 10.1. The van der Waals surface area contributed by atoms with Gasteiger partial charge in [-0.15, -0.1) is 0 Å². The summed E-state index contributed by atoms with van der Waals surface area (Å²) in [6.07, 6.45) is 0.301. The lowest BCUT2D eigenvalue weighted by molar-refractivity contribution is -0.0532. The van der Waals surface area contributed by atoms with E-state index in [2.05, 4.69) is 15.4 Å². The average molecular weight is 334 g/mol. The van der Waals surface area contributed by atoms with Crippen LogP contribution in [0.1, 0.15) is 16.9 Å². The molecule has 3 N–H and O–H groups in total. The third-order valence-corrected chi connectivity index (χ3v) is 3.53. The predicted molar refractivity (Wildman–Crippen MR) is 82.7 cm³/mol. The molecule has 0 spiro atoms. The van der Waals surface area contributed by atoms with Gasteiger partial charge in [0.15, 0.2) is 23.5 Å². The lowest BCUT2D eigenvalue weighted by Crippen LogP contribution is -2.14. The van der Waals surface area contributed by atoms with Crippen molar-refractivity contribution in [1.29, 1.82) is 0 Å². The smallest absolute Gasteiger partial charge is 0.271 e. The van der Waals surface area contributed by atoms with Crippen LogP contribution >= 0.6 is 0 Å². The van der Waals surface area contributed by atoms with E-state index in [1.165, 1.54) is 7.11 Å². The molecule has 2 aromatic rings. The van der Waals surface area contributed by atoms with Crippen molar-refractivity contribution in [3.05, 3.63) is 23.9 Å². The molecular weight excluding hydrogens is 316 g/mol. The van der Waals surface area contributed by atoms with Gasteiger partial charge in [0.05, 0.1) is 32.5 Å². The average Bonchev–Trinajstić information content (AvgIpc) is 3.26. The second-order valence-electron chi connectivity index (χ2n) is 5.03. The Hall–Kier alpha value is -2.65. The third kappa shape index (κ3) is 3.31. The fraction of sp³-hybridized carbons (Fsp3) is 0.400. The number of primary amides is 1. The van der Waals surface area contributed by atoms with Crippen LogP contribution in [0.2, 0.25) is 0 Å². The first-order valence-corrected chi connectivity index (χ1v) is 7.44. The summed E-state index contributed by atoms with van der Waals surface area (Å²) in [4.78, 5) is 11.5. The van der Waals surface area contributed by atoms with Crippen LogP contribution in [0.15, 0.2) is 18.2 Å². The molecule has 0 unspecified atom stereocenters. The van der Waals surface area contributed by atoms with Crippen molar-refractivity contribution in [2.75, 3.05) is 26.9 Å². The minimum absolute atomic E-state index is 0.0376. The van der Waals surface area contributed by atoms with Crippen molar-refractivity contribution < 1.29 is 23.7 Å². The molecule has 1 saturated heterocycles. The Kier molecular flexibility index (Phi) is 4.92. The number of amides is 1. The minimum Gasteiger partial charge on any atom is -0.493 e. The first-order chi connectivity index (χ1) is 11.7.